The van der Waals surface area contributed by atoms with Crippen LogP contribution in [0.5, 0.6) is 23.0 Å². The van der Waals surface area contributed by atoms with Gasteiger partial charge in [-0.2, -0.15) is 0 Å². The van der Waals surface area contributed by atoms with Gasteiger partial charge in [0.15, 0.2) is 23.0 Å². The van der Waals surface area contributed by atoms with Crippen LogP contribution in [-0.4, -0.2) is 83.3 Å². The van der Waals surface area contributed by atoms with Crippen LogP contribution in [0.15, 0.2) is 94.7 Å². The summed E-state index contributed by atoms with van der Waals surface area (Å²) in [6, 6.07) is 21.5. The van der Waals surface area contributed by atoms with Crippen molar-refractivity contribution in [1.82, 2.24) is 10.6 Å². The van der Waals surface area contributed by atoms with E-state index in [1.807, 2.05) is 13.8 Å². The topological polar surface area (TPSA) is 170 Å². The van der Waals surface area contributed by atoms with Crippen LogP contribution in [0, 0.1) is 13.8 Å². The standard InChI is InChI=1S/C36H42N4O10S2/c1-25-7-11-27(12-8-25)39(51(43,44)29-15-17-31(47-3)33(21-29)49-5)23-35(41)37-19-20-38-36(42)24-40(28-13-9-26(2)10-14-28)52(45,46)30-16-18-32(48-4)34(22-30)50-6/h7-18,21-22H,19-20,23-24H2,1-6H3,(H,37,41)(H,38,42). The fraction of sp³-hybridized carbons (Fsp3) is 0.278. The number of nitrogens with one attached hydrogen (secondary N) is 2. The molecule has 0 bridgehead atoms. The molecule has 0 aromatic heterocycles. The first-order valence-electron chi connectivity index (χ1n) is 15.9. The van der Waals surface area contributed by atoms with Gasteiger partial charge in [0.2, 0.25) is 11.8 Å². The van der Waals surface area contributed by atoms with Gasteiger partial charge in [0, 0.05) is 25.2 Å². The zero-order valence-electron chi connectivity index (χ0n) is 29.7. The quantitative estimate of drug-likeness (QED) is 0.152. The molecule has 0 fully saturated rings. The summed E-state index contributed by atoms with van der Waals surface area (Å²) in [7, 11) is -2.89. The van der Waals surface area contributed by atoms with Gasteiger partial charge in [-0.3, -0.25) is 18.2 Å². The number of amides is 2. The van der Waals surface area contributed by atoms with Crippen LogP contribution in [0.3, 0.4) is 0 Å². The molecule has 52 heavy (non-hydrogen) atoms. The van der Waals surface area contributed by atoms with Gasteiger partial charge in [0.25, 0.3) is 20.0 Å². The number of benzene rings is 4. The first kappa shape index (κ1) is 39.3. The Morgan fingerprint density at radius 2 is 0.846 bits per heavy atom. The molecule has 0 heterocycles. The summed E-state index contributed by atoms with van der Waals surface area (Å²) < 4.78 is 78.4. The number of methoxy groups -OCH3 is 4. The number of rotatable bonds is 17. The molecule has 0 aliphatic rings. The van der Waals surface area contributed by atoms with Gasteiger partial charge in [-0.1, -0.05) is 35.4 Å². The average molecular weight is 755 g/mol. The first-order chi connectivity index (χ1) is 24.7. The molecule has 278 valence electrons. The number of hydrogen-bond acceptors (Lipinski definition) is 10. The van der Waals surface area contributed by atoms with Gasteiger partial charge < -0.3 is 29.6 Å². The third-order valence-corrected chi connectivity index (χ3v) is 11.4. The maximum atomic E-state index is 13.9. The molecule has 0 unspecified atom stereocenters. The van der Waals surface area contributed by atoms with Crippen LogP contribution < -0.4 is 38.2 Å². The van der Waals surface area contributed by atoms with E-state index in [2.05, 4.69) is 10.6 Å². The van der Waals surface area contributed by atoms with E-state index in [9.17, 15) is 26.4 Å². The summed E-state index contributed by atoms with van der Waals surface area (Å²) in [4.78, 5) is 26.0. The van der Waals surface area contributed by atoms with Crippen molar-refractivity contribution in [1.29, 1.82) is 0 Å². The molecule has 4 aromatic carbocycles. The predicted molar refractivity (Wildman–Crippen MR) is 197 cm³/mol. The largest absolute Gasteiger partial charge is 0.493 e. The van der Waals surface area contributed by atoms with Gasteiger partial charge in [0.05, 0.1) is 49.6 Å². The minimum absolute atomic E-state index is 0.0737. The van der Waals surface area contributed by atoms with Crippen molar-refractivity contribution in [2.75, 3.05) is 63.2 Å². The number of aryl methyl sites for hydroxylation is 2. The lowest BCUT2D eigenvalue weighted by Crippen LogP contribution is -2.45. The molecule has 0 aliphatic carbocycles. The molecule has 0 radical (unpaired) electrons. The van der Waals surface area contributed by atoms with Crippen LogP contribution in [0.25, 0.3) is 0 Å². The smallest absolute Gasteiger partial charge is 0.264 e. The van der Waals surface area contributed by atoms with E-state index in [1.165, 1.54) is 64.8 Å². The monoisotopic (exact) mass is 754 g/mol. The summed E-state index contributed by atoms with van der Waals surface area (Å²) in [6.45, 7) is 2.41. The van der Waals surface area contributed by atoms with Crippen molar-refractivity contribution in [3.05, 3.63) is 96.1 Å². The summed E-state index contributed by atoms with van der Waals surface area (Å²) in [5, 5.41) is 5.25. The number of sulfonamides is 2. The lowest BCUT2D eigenvalue weighted by molar-refractivity contribution is -0.121. The van der Waals surface area contributed by atoms with Crippen molar-refractivity contribution in [2.24, 2.45) is 0 Å². The highest BCUT2D eigenvalue weighted by Gasteiger charge is 2.30. The summed E-state index contributed by atoms with van der Waals surface area (Å²) in [6.07, 6.45) is 0. The van der Waals surface area contributed by atoms with Crippen LogP contribution in [-0.2, 0) is 29.6 Å². The van der Waals surface area contributed by atoms with Crippen molar-refractivity contribution < 1.29 is 45.4 Å². The molecule has 2 N–H and O–H groups in total. The molecule has 0 saturated carbocycles. The fourth-order valence-electron chi connectivity index (χ4n) is 5.04. The molecule has 4 aromatic rings. The second kappa shape index (κ2) is 17.2. The van der Waals surface area contributed by atoms with Crippen LogP contribution in [0.4, 0.5) is 11.4 Å². The van der Waals surface area contributed by atoms with Gasteiger partial charge in [-0.15, -0.1) is 0 Å². The Balaban J connectivity index is 1.46. The molecular weight excluding hydrogens is 713 g/mol. The highest BCUT2D eigenvalue weighted by Crippen LogP contribution is 2.33. The Morgan fingerprint density at radius 1 is 0.519 bits per heavy atom. The third kappa shape index (κ3) is 9.24. The van der Waals surface area contributed by atoms with E-state index in [0.717, 1.165) is 19.7 Å². The molecular formula is C36H42N4O10S2. The molecule has 14 nitrogen and oxygen atoms in total. The molecule has 4 rings (SSSR count). The molecule has 0 atom stereocenters. The third-order valence-electron chi connectivity index (χ3n) is 7.87. The van der Waals surface area contributed by atoms with Gasteiger partial charge in [-0.05, 0) is 62.4 Å². The highest BCUT2D eigenvalue weighted by atomic mass is 32.2. The molecule has 2 amide bonds. The van der Waals surface area contributed by atoms with Crippen molar-refractivity contribution >= 4 is 43.2 Å². The van der Waals surface area contributed by atoms with Gasteiger partial charge in [0.1, 0.15) is 13.1 Å². The SMILES string of the molecule is COc1ccc(S(=O)(=O)N(CC(=O)NCCNC(=O)CN(c2ccc(C)cc2)S(=O)(=O)c2ccc(OC)c(OC)c2)c2ccc(C)cc2)cc1OC. The first-order valence-corrected chi connectivity index (χ1v) is 18.8. The number of hydrogen-bond donors (Lipinski definition) is 2. The molecule has 0 spiro atoms. The van der Waals surface area contributed by atoms with E-state index in [4.69, 9.17) is 18.9 Å². The van der Waals surface area contributed by atoms with E-state index in [1.54, 1.807) is 48.5 Å². The van der Waals surface area contributed by atoms with Crippen LogP contribution in [0.2, 0.25) is 0 Å². The Labute approximate surface area is 304 Å². The maximum absolute atomic E-state index is 13.9. The lowest BCUT2D eigenvalue weighted by atomic mass is 10.2. The minimum Gasteiger partial charge on any atom is -0.493 e. The number of ether oxygens (including phenoxy) is 4. The summed E-state index contributed by atoms with van der Waals surface area (Å²) in [5.41, 5.74) is 2.31. The zero-order chi connectivity index (χ0) is 38.1. The Hall–Kier alpha value is -5.48. The second-order valence-corrected chi connectivity index (χ2v) is 15.2. The second-order valence-electron chi connectivity index (χ2n) is 11.4. The number of carbonyl (C=O) groups is 2. The minimum atomic E-state index is -4.26. The normalized spacial score (nSPS) is 11.3. The number of nitrogens with zero attached hydrogens (tertiary/aromatic N) is 2. The lowest BCUT2D eigenvalue weighted by Gasteiger charge is -2.25. The summed E-state index contributed by atoms with van der Waals surface area (Å²) >= 11 is 0. The molecule has 16 heteroatoms. The van der Waals surface area contributed by atoms with E-state index in [-0.39, 0.29) is 45.8 Å². The van der Waals surface area contributed by atoms with Crippen LogP contribution >= 0.6 is 0 Å². The summed E-state index contributed by atoms with van der Waals surface area (Å²) in [5.74, 6) is -0.213. The number of carbonyl (C=O) groups excluding carboxylic acids is 2. The van der Waals surface area contributed by atoms with E-state index in [0.29, 0.717) is 11.5 Å². The molecule has 0 aliphatic heterocycles. The van der Waals surface area contributed by atoms with E-state index < -0.39 is 45.0 Å². The zero-order valence-corrected chi connectivity index (χ0v) is 31.3. The van der Waals surface area contributed by atoms with Crippen LogP contribution in [0.1, 0.15) is 11.1 Å². The van der Waals surface area contributed by atoms with Crippen molar-refractivity contribution in [2.45, 2.75) is 23.6 Å². The Kier molecular flexibility index (Phi) is 13.0. The predicted octanol–water partition coefficient (Wildman–Crippen LogP) is 3.66. The highest BCUT2D eigenvalue weighted by molar-refractivity contribution is 7.93. The molecule has 0 saturated heterocycles. The van der Waals surface area contributed by atoms with Gasteiger partial charge in [-0.25, -0.2) is 16.8 Å². The Bertz CT molecular complexity index is 1940. The van der Waals surface area contributed by atoms with Gasteiger partial charge >= 0.3 is 0 Å². The Morgan fingerprint density at radius 3 is 1.15 bits per heavy atom. The van der Waals surface area contributed by atoms with Crippen molar-refractivity contribution in [3.63, 3.8) is 0 Å². The maximum Gasteiger partial charge on any atom is 0.264 e. The van der Waals surface area contributed by atoms with E-state index >= 15 is 0 Å². The van der Waals surface area contributed by atoms with Crippen molar-refractivity contribution in [3.8, 4) is 23.0 Å². The number of anilines is 2. The average Bonchev–Trinajstić information content (AvgIpc) is 3.14. The fourth-order valence-corrected chi connectivity index (χ4v) is 7.91.